The lowest BCUT2D eigenvalue weighted by Crippen LogP contribution is -2.49. The van der Waals surface area contributed by atoms with Gasteiger partial charge >= 0.3 is 6.09 Å². The maximum absolute atomic E-state index is 14.2. The van der Waals surface area contributed by atoms with Gasteiger partial charge in [-0.3, -0.25) is 28.3 Å². The third kappa shape index (κ3) is 17.0. The summed E-state index contributed by atoms with van der Waals surface area (Å²) < 4.78 is 127. The van der Waals surface area contributed by atoms with Gasteiger partial charge in [-0.15, -0.1) is 0 Å². The Kier molecular flexibility index (Phi) is 24.1. The second-order valence-electron chi connectivity index (χ2n) is 18.4. The minimum absolute atomic E-state index is 0. The lowest BCUT2D eigenvalue weighted by Gasteiger charge is -2.36. The molecule has 0 saturated heterocycles. The average molecular weight is 1230 g/mol. The van der Waals surface area contributed by atoms with E-state index < -0.39 is 77.1 Å². The van der Waals surface area contributed by atoms with E-state index in [1.807, 2.05) is 6.92 Å². The molecule has 8 rings (SSSR count). The smallest absolute Gasteiger partial charge is 0.410 e. The highest BCUT2D eigenvalue weighted by molar-refractivity contribution is 7.93. The molecule has 6 aromatic rings. The Morgan fingerprint density at radius 3 is 1.60 bits per heavy atom. The topological polar surface area (TPSA) is 200 Å². The van der Waals surface area contributed by atoms with Crippen LogP contribution in [0, 0.1) is 33.4 Å². The molecular formula is C56H61Cl3F4N4O12S2. The van der Waals surface area contributed by atoms with E-state index in [2.05, 4.69) is 0 Å². The molecule has 2 heterocycles. The molecule has 81 heavy (non-hydrogen) atoms. The van der Waals surface area contributed by atoms with Gasteiger partial charge in [-0.1, -0.05) is 77.0 Å². The van der Waals surface area contributed by atoms with Crippen LogP contribution >= 0.6 is 34.8 Å². The van der Waals surface area contributed by atoms with Gasteiger partial charge in [-0.2, -0.15) is 0 Å². The van der Waals surface area contributed by atoms with Crippen molar-refractivity contribution in [2.45, 2.75) is 96.8 Å². The van der Waals surface area contributed by atoms with Crippen LogP contribution in [0.2, 0.25) is 10.0 Å². The molecule has 0 fully saturated rings. The van der Waals surface area contributed by atoms with Crippen LogP contribution in [0.5, 0.6) is 11.5 Å². The van der Waals surface area contributed by atoms with E-state index in [1.165, 1.54) is 64.8 Å². The molecule has 0 aromatic heterocycles. The number of rotatable bonds is 13. The van der Waals surface area contributed by atoms with Crippen molar-refractivity contribution in [3.63, 3.8) is 0 Å². The molecule has 0 saturated carbocycles. The van der Waals surface area contributed by atoms with Crippen LogP contribution in [0.25, 0.3) is 0 Å². The first kappa shape index (κ1) is 68.3. The normalized spacial score (nSPS) is 14.3. The van der Waals surface area contributed by atoms with Gasteiger partial charge in [0.05, 0.1) is 61.2 Å². The molecule has 0 radical (unpaired) electrons. The van der Waals surface area contributed by atoms with Crippen LogP contribution in [0.4, 0.5) is 39.4 Å². The van der Waals surface area contributed by atoms with Crippen molar-refractivity contribution >= 4 is 89.0 Å². The van der Waals surface area contributed by atoms with Crippen molar-refractivity contribution in [1.82, 2.24) is 4.90 Å². The Morgan fingerprint density at radius 2 is 1.16 bits per heavy atom. The first-order chi connectivity index (χ1) is 36.6. The summed E-state index contributed by atoms with van der Waals surface area (Å²) in [5, 5.41) is 10.4. The fourth-order valence-corrected chi connectivity index (χ4v) is 11.6. The number of halogens is 7. The highest BCUT2D eigenvalue weighted by Gasteiger charge is 2.38. The van der Waals surface area contributed by atoms with Crippen LogP contribution in [0.1, 0.15) is 89.1 Å². The molecule has 0 N–H and O–H groups in total. The van der Waals surface area contributed by atoms with Crippen molar-refractivity contribution in [2.24, 2.45) is 0 Å². The molecule has 2 aliphatic rings. The highest BCUT2D eigenvalue weighted by Crippen LogP contribution is 2.41. The standard InChI is InChI=1S/C25H22ClF2NO4S.C21H24FN3O7S.C7H3Cl2FO.3CH4/c1-2-4-18-15-29(34(31,32)19-10-8-17(27)9-11-19)22-13-16(7-12-24(22)33-18)14-23(30)25-20(26)5-3-6-21(25)28;1-21(2,3)32-20(26)23(4)12-16-13-24(33(29,30)17-8-5-14(22)6-9-17)18-11-15(25(27)28)7-10-19(18)31-16;8-4-2-1-3-5(10)6(4)7(9)11;;;/h3,5-13,18H,2,4,14-15H2,1H3;5-11,16H,12-13H2,1-4H3;1-3H;3*1H4. The van der Waals surface area contributed by atoms with Crippen LogP contribution < -0.4 is 18.1 Å². The number of Topliss-reactive ketones (excluding diaryl/α,β-unsaturated/α-hetero) is 1. The minimum atomic E-state index is -4.22. The Labute approximate surface area is 484 Å². The number of hydrogen-bond acceptors (Lipinski definition) is 12. The van der Waals surface area contributed by atoms with Gasteiger partial charge in [0.25, 0.3) is 31.0 Å². The van der Waals surface area contributed by atoms with Crippen LogP contribution in [0.15, 0.2) is 131 Å². The zero-order valence-electron chi connectivity index (χ0n) is 42.1. The first-order valence-electron chi connectivity index (χ1n) is 23.5. The third-order valence-corrected chi connectivity index (χ3v) is 15.8. The van der Waals surface area contributed by atoms with Gasteiger partial charge in [0, 0.05) is 25.6 Å². The zero-order chi connectivity index (χ0) is 57.4. The lowest BCUT2D eigenvalue weighted by atomic mass is 10.0. The Bertz CT molecular complexity index is 3410. The molecule has 16 nitrogen and oxygen atoms in total. The molecule has 6 aromatic carbocycles. The number of hydrogen-bond donors (Lipinski definition) is 0. The number of ketones is 1. The van der Waals surface area contributed by atoms with E-state index in [1.54, 1.807) is 39.0 Å². The minimum Gasteiger partial charge on any atom is -0.486 e. The number of amides is 1. The summed E-state index contributed by atoms with van der Waals surface area (Å²) in [5.41, 5.74) is -0.803. The van der Waals surface area contributed by atoms with Gasteiger partial charge in [-0.25, -0.2) is 39.2 Å². The number of nitrogens with zero attached hydrogens (tertiary/aromatic N) is 4. The molecule has 2 atom stereocenters. The van der Waals surface area contributed by atoms with Crippen molar-refractivity contribution < 1.29 is 67.9 Å². The van der Waals surface area contributed by atoms with Crippen molar-refractivity contribution in [1.29, 1.82) is 0 Å². The Hall–Kier alpha value is -6.98. The number of carbonyl (C=O) groups is 3. The maximum Gasteiger partial charge on any atom is 0.410 e. The predicted molar refractivity (Wildman–Crippen MR) is 305 cm³/mol. The van der Waals surface area contributed by atoms with Crippen LogP contribution in [-0.2, 0) is 31.2 Å². The van der Waals surface area contributed by atoms with Gasteiger partial charge < -0.3 is 19.1 Å². The second kappa shape index (κ2) is 28.6. The summed E-state index contributed by atoms with van der Waals surface area (Å²) in [6.07, 6.45) is -0.532. The summed E-state index contributed by atoms with van der Waals surface area (Å²) in [6.45, 7) is 6.95. The number of non-ortho nitro benzene ring substituents is 1. The van der Waals surface area contributed by atoms with E-state index in [9.17, 15) is 58.9 Å². The molecule has 25 heteroatoms. The number of benzene rings is 6. The van der Waals surface area contributed by atoms with E-state index in [0.29, 0.717) is 17.7 Å². The summed E-state index contributed by atoms with van der Waals surface area (Å²) in [6, 6.07) is 25.2. The van der Waals surface area contributed by atoms with Crippen molar-refractivity contribution in [3.8, 4) is 11.5 Å². The summed E-state index contributed by atoms with van der Waals surface area (Å²) in [5.74, 6) is -2.65. The summed E-state index contributed by atoms with van der Waals surface area (Å²) >= 11 is 16.5. The largest absolute Gasteiger partial charge is 0.486 e. The number of nitro benzene ring substituents is 1. The number of anilines is 2. The van der Waals surface area contributed by atoms with Crippen LogP contribution in [0.3, 0.4) is 0 Å². The van der Waals surface area contributed by atoms with E-state index in [-0.39, 0.29) is 108 Å². The lowest BCUT2D eigenvalue weighted by molar-refractivity contribution is -0.384. The summed E-state index contributed by atoms with van der Waals surface area (Å²) in [7, 11) is -6.77. The zero-order valence-corrected chi connectivity index (χ0v) is 46.0. The Morgan fingerprint density at radius 1 is 0.704 bits per heavy atom. The van der Waals surface area contributed by atoms with Crippen LogP contribution in [-0.4, -0.2) is 88.3 Å². The van der Waals surface area contributed by atoms with E-state index >= 15 is 0 Å². The molecule has 0 aliphatic carbocycles. The van der Waals surface area contributed by atoms with E-state index in [4.69, 9.17) is 49.0 Å². The first-order valence-corrected chi connectivity index (χ1v) is 27.5. The number of likely N-dealkylation sites (N-methyl/N-ethyl adjacent to an activating group) is 1. The maximum atomic E-state index is 14.2. The molecular weight excluding hydrogens is 1170 g/mol. The third-order valence-electron chi connectivity index (χ3n) is 11.4. The molecule has 0 bridgehead atoms. The monoisotopic (exact) mass is 1230 g/mol. The number of nitro groups is 1. The van der Waals surface area contributed by atoms with Crippen molar-refractivity contribution in [2.75, 3.05) is 35.3 Å². The average Bonchev–Trinajstić information content (AvgIpc) is 3.40. The molecule has 0 spiro atoms. The number of ether oxygens (including phenoxy) is 3. The van der Waals surface area contributed by atoms with Gasteiger partial charge in [0.2, 0.25) is 0 Å². The Balaban J connectivity index is 0.000000347. The second-order valence-corrected chi connectivity index (χ2v) is 23.3. The molecule has 1 amide bonds. The number of fused-ring (bicyclic) bond motifs is 2. The fraction of sp³-hybridized carbons (Fsp3) is 0.304. The number of sulfonamides is 2. The quantitative estimate of drug-likeness (QED) is 0.0349. The number of carbonyl (C=O) groups excluding carboxylic acids is 3. The van der Waals surface area contributed by atoms with Gasteiger partial charge in [-0.05, 0) is 135 Å². The van der Waals surface area contributed by atoms with Gasteiger partial charge in [0.15, 0.2) is 5.78 Å². The molecule has 2 aliphatic heterocycles. The molecule has 2 unspecified atom stereocenters. The van der Waals surface area contributed by atoms with Gasteiger partial charge in [0.1, 0.15) is 58.3 Å². The molecule has 438 valence electrons. The fourth-order valence-electron chi connectivity index (χ4n) is 7.82. The van der Waals surface area contributed by atoms with Crippen molar-refractivity contribution in [3.05, 3.63) is 181 Å². The SMILES string of the molecule is C.C.C.CCCC1CN(S(=O)(=O)c2ccc(F)cc2)c2cc(CC(=O)c3c(F)cccc3Cl)ccc2O1.CN(CC1CN(S(=O)(=O)c2ccc(F)cc2)c2cc([N+](=O)[O-])ccc2O1)C(=O)OC(C)(C)C.O=C(Cl)c1c(F)cccc1Cl. The van der Waals surface area contributed by atoms with E-state index in [0.717, 1.165) is 65.3 Å². The predicted octanol–water partition coefficient (Wildman–Crippen LogP) is 14.1. The highest BCUT2D eigenvalue weighted by atomic mass is 35.5. The summed E-state index contributed by atoms with van der Waals surface area (Å²) in [4.78, 5) is 47.2.